The number of carbonyl (C=O) groups is 1. The average molecular weight is 562 g/mol. The molecule has 0 unspecified atom stereocenters. The minimum Gasteiger partial charge on any atom is -0.451 e. The van der Waals surface area contributed by atoms with Crippen molar-refractivity contribution in [2.45, 2.75) is 51.2 Å². The maximum atomic E-state index is 14.2. The lowest BCUT2D eigenvalue weighted by atomic mass is 9.71. The second kappa shape index (κ2) is 10.4. The van der Waals surface area contributed by atoms with E-state index in [2.05, 4.69) is 10.3 Å². The molecule has 5 aromatic rings. The first kappa shape index (κ1) is 27.2. The molecule has 0 radical (unpaired) electrons. The summed E-state index contributed by atoms with van der Waals surface area (Å²) in [7, 11) is 0. The van der Waals surface area contributed by atoms with Crippen molar-refractivity contribution in [1.82, 2.24) is 14.9 Å². The number of hydrogen-bond donors (Lipinski definition) is 1. The van der Waals surface area contributed by atoms with E-state index in [0.717, 1.165) is 24.8 Å². The van der Waals surface area contributed by atoms with Crippen LogP contribution in [0.1, 0.15) is 45.6 Å². The summed E-state index contributed by atoms with van der Waals surface area (Å²) in [4.78, 5) is 43.8. The van der Waals surface area contributed by atoms with Crippen molar-refractivity contribution >= 4 is 17.1 Å². The Labute approximate surface area is 242 Å². The zero-order chi connectivity index (χ0) is 29.5. The smallest absolute Gasteiger partial charge is 0.408 e. The first-order valence-corrected chi connectivity index (χ1v) is 14.0. The fourth-order valence-corrected chi connectivity index (χ4v) is 5.41. The van der Waals surface area contributed by atoms with Crippen LogP contribution in [-0.2, 0) is 10.3 Å². The van der Waals surface area contributed by atoms with Gasteiger partial charge in [0, 0.05) is 24.0 Å². The number of nitrogens with zero attached hydrogens (tertiary/aromatic N) is 2. The topological polar surface area (TPSA) is 103 Å². The van der Waals surface area contributed by atoms with Gasteiger partial charge in [0.25, 0.3) is 5.56 Å². The molecule has 1 N–H and O–H groups in total. The Morgan fingerprint density at radius 1 is 0.929 bits per heavy atom. The summed E-state index contributed by atoms with van der Waals surface area (Å²) in [5, 5.41) is 3.40. The van der Waals surface area contributed by atoms with E-state index in [4.69, 9.17) is 9.15 Å². The number of benzene rings is 2. The van der Waals surface area contributed by atoms with E-state index in [0.29, 0.717) is 27.8 Å². The van der Waals surface area contributed by atoms with E-state index < -0.39 is 17.2 Å². The third-order valence-corrected chi connectivity index (χ3v) is 7.55. The standard InChI is InChI=1S/C34H31N3O5/c1-33(2,3)42-32(40)36-34(18-9-19-34)24-15-13-22(14-16-24)27-28(39)25-17-20-35-31(37-21-8-7-12-26(37)38)30(25)41-29(27)23-10-5-4-6-11-23/h4-8,10-17,20-21H,9,18-19H2,1-3H3,(H,36,40). The molecular weight excluding hydrogens is 530 g/mol. The average Bonchev–Trinajstić information content (AvgIpc) is 2.95. The number of alkyl carbamates (subject to hydrolysis) is 1. The lowest BCUT2D eigenvalue weighted by Gasteiger charge is -2.43. The summed E-state index contributed by atoms with van der Waals surface area (Å²) in [5.74, 6) is 0.624. The van der Waals surface area contributed by atoms with Crippen LogP contribution < -0.4 is 16.3 Å². The first-order chi connectivity index (χ1) is 20.2. The molecule has 1 amide bonds. The minimum absolute atomic E-state index is 0.227. The molecule has 42 heavy (non-hydrogen) atoms. The number of ether oxygens (including phenoxy) is 1. The summed E-state index contributed by atoms with van der Waals surface area (Å²) >= 11 is 0. The van der Waals surface area contributed by atoms with E-state index in [-0.39, 0.29) is 22.4 Å². The molecule has 0 saturated heterocycles. The fraction of sp³-hybridized carbons (Fsp3) is 0.235. The fourth-order valence-electron chi connectivity index (χ4n) is 5.41. The number of carbonyl (C=O) groups excluding carboxylic acids is 1. The van der Waals surface area contributed by atoms with Gasteiger partial charge in [-0.1, -0.05) is 60.7 Å². The van der Waals surface area contributed by atoms with E-state index in [1.165, 1.54) is 16.8 Å². The van der Waals surface area contributed by atoms with Crippen LogP contribution in [0.2, 0.25) is 0 Å². The van der Waals surface area contributed by atoms with E-state index in [9.17, 15) is 14.4 Å². The summed E-state index contributed by atoms with van der Waals surface area (Å²) in [6, 6.07) is 23.5. The number of hydrogen-bond acceptors (Lipinski definition) is 6. The highest BCUT2D eigenvalue weighted by molar-refractivity contribution is 5.91. The van der Waals surface area contributed by atoms with Crippen molar-refractivity contribution < 1.29 is 13.9 Å². The quantitative estimate of drug-likeness (QED) is 0.260. The molecule has 1 saturated carbocycles. The van der Waals surface area contributed by atoms with Crippen LogP contribution in [-0.4, -0.2) is 21.2 Å². The summed E-state index contributed by atoms with van der Waals surface area (Å²) in [6.45, 7) is 5.52. The van der Waals surface area contributed by atoms with Crippen molar-refractivity contribution in [3.63, 3.8) is 0 Å². The van der Waals surface area contributed by atoms with Gasteiger partial charge in [-0.3, -0.25) is 14.2 Å². The summed E-state index contributed by atoms with van der Waals surface area (Å²) in [5.41, 5.74) is 1.34. The predicted octanol–water partition coefficient (Wildman–Crippen LogP) is 6.58. The maximum Gasteiger partial charge on any atom is 0.408 e. The van der Waals surface area contributed by atoms with Gasteiger partial charge < -0.3 is 14.5 Å². The molecule has 1 aliphatic carbocycles. The molecule has 1 aliphatic rings. The first-order valence-electron chi connectivity index (χ1n) is 14.0. The van der Waals surface area contributed by atoms with Crippen LogP contribution in [0.5, 0.6) is 0 Å². The largest absolute Gasteiger partial charge is 0.451 e. The monoisotopic (exact) mass is 561 g/mol. The van der Waals surface area contributed by atoms with Crippen molar-refractivity contribution in [3.8, 4) is 28.3 Å². The van der Waals surface area contributed by atoms with Gasteiger partial charge in [-0.15, -0.1) is 0 Å². The van der Waals surface area contributed by atoms with Gasteiger partial charge in [0.05, 0.1) is 16.5 Å². The van der Waals surface area contributed by atoms with Gasteiger partial charge in [0.2, 0.25) is 5.43 Å². The van der Waals surface area contributed by atoms with E-state index in [1.807, 2.05) is 75.4 Å². The lowest BCUT2D eigenvalue weighted by Crippen LogP contribution is -2.52. The number of rotatable bonds is 5. The maximum absolute atomic E-state index is 14.2. The highest BCUT2D eigenvalue weighted by Crippen LogP contribution is 2.42. The van der Waals surface area contributed by atoms with Crippen molar-refractivity contribution in [2.24, 2.45) is 0 Å². The third-order valence-electron chi connectivity index (χ3n) is 7.55. The molecular formula is C34H31N3O5. The van der Waals surface area contributed by atoms with Crippen LogP contribution in [0.3, 0.4) is 0 Å². The molecule has 8 heteroatoms. The van der Waals surface area contributed by atoms with Gasteiger partial charge in [-0.2, -0.15) is 0 Å². The molecule has 8 nitrogen and oxygen atoms in total. The van der Waals surface area contributed by atoms with Crippen LogP contribution in [0.25, 0.3) is 39.2 Å². The van der Waals surface area contributed by atoms with Gasteiger partial charge >= 0.3 is 6.09 Å². The Bertz CT molecular complexity index is 1900. The molecule has 212 valence electrons. The van der Waals surface area contributed by atoms with Gasteiger partial charge in [-0.05, 0) is 63.3 Å². The molecule has 6 rings (SSSR count). The number of pyridine rings is 2. The zero-order valence-electron chi connectivity index (χ0n) is 23.7. The minimum atomic E-state index is -0.597. The number of nitrogens with one attached hydrogen (secondary N) is 1. The van der Waals surface area contributed by atoms with Gasteiger partial charge in [0.1, 0.15) is 11.4 Å². The SMILES string of the molecule is CC(C)(C)OC(=O)NC1(c2ccc(-c3c(-c4ccccc4)oc4c(-n5ccccc5=O)nccc4c3=O)cc2)CCC1. The van der Waals surface area contributed by atoms with Crippen LogP contribution in [0.4, 0.5) is 4.79 Å². The second-order valence-electron chi connectivity index (χ2n) is 11.6. The Hall–Kier alpha value is -4.98. The zero-order valence-corrected chi connectivity index (χ0v) is 23.7. The number of aromatic nitrogens is 2. The van der Waals surface area contributed by atoms with Crippen LogP contribution >= 0.6 is 0 Å². The van der Waals surface area contributed by atoms with Gasteiger partial charge in [-0.25, -0.2) is 9.78 Å². The molecule has 3 heterocycles. The summed E-state index contributed by atoms with van der Waals surface area (Å²) < 4.78 is 13.4. The molecule has 3 aromatic heterocycles. The molecule has 0 bridgehead atoms. The Balaban J connectivity index is 1.48. The Morgan fingerprint density at radius 3 is 2.29 bits per heavy atom. The predicted molar refractivity (Wildman–Crippen MR) is 162 cm³/mol. The summed E-state index contributed by atoms with van der Waals surface area (Å²) in [6.07, 6.45) is 5.24. The van der Waals surface area contributed by atoms with E-state index >= 15 is 0 Å². The molecule has 2 aromatic carbocycles. The lowest BCUT2D eigenvalue weighted by molar-refractivity contribution is 0.0377. The Morgan fingerprint density at radius 2 is 1.64 bits per heavy atom. The molecule has 0 atom stereocenters. The normalized spacial score (nSPS) is 14.3. The number of amides is 1. The molecule has 0 aliphatic heterocycles. The van der Waals surface area contributed by atoms with Crippen LogP contribution in [0, 0.1) is 0 Å². The highest BCUT2D eigenvalue weighted by Gasteiger charge is 2.41. The van der Waals surface area contributed by atoms with Crippen molar-refractivity contribution in [2.75, 3.05) is 0 Å². The number of fused-ring (bicyclic) bond motifs is 1. The molecule has 0 spiro atoms. The van der Waals surface area contributed by atoms with Crippen molar-refractivity contribution in [3.05, 3.63) is 117 Å². The van der Waals surface area contributed by atoms with Gasteiger partial charge in [0.15, 0.2) is 11.4 Å². The van der Waals surface area contributed by atoms with E-state index in [1.54, 1.807) is 24.4 Å². The van der Waals surface area contributed by atoms with Crippen molar-refractivity contribution in [1.29, 1.82) is 0 Å². The molecule has 1 fully saturated rings. The van der Waals surface area contributed by atoms with Crippen LogP contribution in [0.15, 0.2) is 105 Å². The second-order valence-corrected chi connectivity index (χ2v) is 11.6. The Kier molecular flexibility index (Phi) is 6.77. The highest BCUT2D eigenvalue weighted by atomic mass is 16.6. The third kappa shape index (κ3) is 5.00.